The Labute approximate surface area is 285 Å². The summed E-state index contributed by atoms with van der Waals surface area (Å²) in [5, 5.41) is 24.5. The summed E-state index contributed by atoms with van der Waals surface area (Å²) in [5.74, 6) is -3.74. The Morgan fingerprint density at radius 2 is 1.58 bits per heavy atom. The van der Waals surface area contributed by atoms with Crippen LogP contribution in [0.5, 0.6) is 0 Å². The van der Waals surface area contributed by atoms with Crippen molar-refractivity contribution < 1.29 is 38.2 Å². The van der Waals surface area contributed by atoms with Crippen LogP contribution in [0.15, 0.2) is 54.6 Å². The number of aliphatic hydroxyl groups is 1. The molecule has 2 aromatic rings. The molecule has 3 rings (SSSR count). The van der Waals surface area contributed by atoms with E-state index < -0.39 is 58.6 Å². The van der Waals surface area contributed by atoms with Crippen LogP contribution in [0, 0.1) is 17.7 Å². The molecule has 12 nitrogen and oxygen atoms in total. The summed E-state index contributed by atoms with van der Waals surface area (Å²) in [4.78, 5) is 63.3. The van der Waals surface area contributed by atoms with Gasteiger partial charge in [0, 0.05) is 24.9 Å². The Bertz CT molecular complexity index is 1410. The third kappa shape index (κ3) is 11.8. The molecule has 1 saturated heterocycles. The number of rotatable bonds is 16. The zero-order valence-corrected chi connectivity index (χ0v) is 28.5. The van der Waals surface area contributed by atoms with Crippen LogP contribution in [0.4, 0.5) is 9.18 Å². The van der Waals surface area contributed by atoms with Gasteiger partial charge in [-0.3, -0.25) is 19.2 Å². The van der Waals surface area contributed by atoms with Crippen LogP contribution in [0.2, 0.25) is 0 Å². The number of carbonyl (C=O) groups excluding carboxylic acids is 5. The highest BCUT2D eigenvalue weighted by molar-refractivity contribution is 7.82. The maximum Gasteiger partial charge on any atom is 0.408 e. The molecule has 5 amide bonds. The third-order valence-electron chi connectivity index (χ3n) is 7.75. The lowest BCUT2D eigenvalue weighted by Crippen LogP contribution is -2.62. The molecule has 0 radical (unpaired) electrons. The van der Waals surface area contributed by atoms with Crippen LogP contribution < -0.4 is 26.6 Å². The third-order valence-corrected chi connectivity index (χ3v) is 8.27. The lowest BCUT2D eigenvalue weighted by atomic mass is 9.93. The van der Waals surface area contributed by atoms with E-state index in [4.69, 9.17) is 4.74 Å². The molecule has 1 heterocycles. The molecule has 2 aromatic carbocycles. The van der Waals surface area contributed by atoms with Crippen molar-refractivity contribution in [3.8, 4) is 0 Å². The van der Waals surface area contributed by atoms with Crippen LogP contribution in [-0.2, 0) is 36.9 Å². The SMILES string of the molecule is CC(C)C[C@H](NC(=O)[C@H](Cc1ccc(F)cc1)NC(=O)OCc1ccccc1)C(=O)N[C@@H](C[C@@H]1CCNC1=O)[C@](O)(S)C(=O)NC(C)C. The number of ether oxygens (including phenoxy) is 1. The van der Waals surface area contributed by atoms with Gasteiger partial charge in [-0.05, 0) is 62.3 Å². The number of thiol groups is 1. The van der Waals surface area contributed by atoms with Crippen molar-refractivity contribution in [1.29, 1.82) is 0 Å². The molecular formula is C34H46FN5O7S. The van der Waals surface area contributed by atoms with Crippen molar-refractivity contribution in [2.24, 2.45) is 11.8 Å². The lowest BCUT2D eigenvalue weighted by Gasteiger charge is -2.34. The van der Waals surface area contributed by atoms with Gasteiger partial charge in [-0.25, -0.2) is 9.18 Å². The molecule has 0 unspecified atom stereocenters. The Balaban J connectivity index is 1.82. The first-order valence-electron chi connectivity index (χ1n) is 16.0. The minimum absolute atomic E-state index is 0.0479. The molecule has 0 aromatic heterocycles. The topological polar surface area (TPSA) is 175 Å². The molecule has 262 valence electrons. The smallest absolute Gasteiger partial charge is 0.408 e. The van der Waals surface area contributed by atoms with Gasteiger partial charge in [0.1, 0.15) is 24.5 Å². The van der Waals surface area contributed by atoms with Crippen molar-refractivity contribution >= 4 is 42.4 Å². The summed E-state index contributed by atoms with van der Waals surface area (Å²) in [7, 11) is 0. The number of carbonyl (C=O) groups is 5. The van der Waals surface area contributed by atoms with E-state index in [0.717, 1.165) is 5.56 Å². The van der Waals surface area contributed by atoms with Gasteiger partial charge in [0.2, 0.25) is 22.7 Å². The molecule has 0 saturated carbocycles. The molecule has 6 N–H and O–H groups in total. The highest BCUT2D eigenvalue weighted by atomic mass is 32.1. The summed E-state index contributed by atoms with van der Waals surface area (Å²) in [5.41, 5.74) is 1.27. The first-order valence-corrected chi connectivity index (χ1v) is 16.5. The second-order valence-electron chi connectivity index (χ2n) is 12.7. The van der Waals surface area contributed by atoms with Crippen LogP contribution in [-0.4, -0.2) is 70.5 Å². The molecule has 0 bridgehead atoms. The zero-order chi connectivity index (χ0) is 35.4. The number of hydrogen-bond acceptors (Lipinski definition) is 8. The van der Waals surface area contributed by atoms with Gasteiger partial charge in [-0.2, -0.15) is 0 Å². The Morgan fingerprint density at radius 3 is 2.17 bits per heavy atom. The van der Waals surface area contributed by atoms with Crippen LogP contribution in [0.3, 0.4) is 0 Å². The number of alkyl carbamates (subject to hydrolysis) is 1. The fourth-order valence-electron chi connectivity index (χ4n) is 5.23. The molecule has 5 atom stereocenters. The van der Waals surface area contributed by atoms with Gasteiger partial charge in [0.05, 0.1) is 6.04 Å². The highest BCUT2D eigenvalue weighted by Gasteiger charge is 2.45. The number of halogens is 1. The number of amides is 5. The van der Waals surface area contributed by atoms with E-state index in [-0.39, 0.29) is 43.7 Å². The van der Waals surface area contributed by atoms with E-state index in [1.165, 1.54) is 24.3 Å². The fourth-order valence-corrected chi connectivity index (χ4v) is 5.46. The van der Waals surface area contributed by atoms with Crippen molar-refractivity contribution in [1.82, 2.24) is 26.6 Å². The van der Waals surface area contributed by atoms with Gasteiger partial charge < -0.3 is 36.4 Å². The van der Waals surface area contributed by atoms with E-state index in [1.807, 2.05) is 19.9 Å². The first kappa shape index (κ1) is 38.3. The molecular weight excluding hydrogens is 641 g/mol. The largest absolute Gasteiger partial charge is 0.445 e. The second-order valence-corrected chi connectivity index (χ2v) is 13.4. The molecule has 0 spiro atoms. The van der Waals surface area contributed by atoms with E-state index in [2.05, 4.69) is 39.2 Å². The summed E-state index contributed by atoms with van der Waals surface area (Å²) < 4.78 is 18.9. The molecule has 48 heavy (non-hydrogen) atoms. The van der Waals surface area contributed by atoms with E-state index >= 15 is 0 Å². The number of nitrogens with one attached hydrogen (secondary N) is 5. The van der Waals surface area contributed by atoms with E-state index in [1.54, 1.807) is 38.1 Å². The van der Waals surface area contributed by atoms with E-state index in [9.17, 15) is 33.5 Å². The van der Waals surface area contributed by atoms with Gasteiger partial charge in [0.25, 0.3) is 5.91 Å². The highest BCUT2D eigenvalue weighted by Crippen LogP contribution is 2.26. The summed E-state index contributed by atoms with van der Waals surface area (Å²) in [6.45, 7) is 7.44. The predicted molar refractivity (Wildman–Crippen MR) is 180 cm³/mol. The summed E-state index contributed by atoms with van der Waals surface area (Å²) in [6, 6.07) is 10.3. The van der Waals surface area contributed by atoms with Crippen LogP contribution >= 0.6 is 12.6 Å². The number of benzene rings is 2. The average molecular weight is 688 g/mol. The predicted octanol–water partition coefficient (Wildman–Crippen LogP) is 2.35. The van der Waals surface area contributed by atoms with Crippen LogP contribution in [0.1, 0.15) is 58.1 Å². The van der Waals surface area contributed by atoms with Gasteiger partial charge in [-0.1, -0.05) is 56.3 Å². The maximum atomic E-state index is 13.8. The lowest BCUT2D eigenvalue weighted by molar-refractivity contribution is -0.138. The van der Waals surface area contributed by atoms with Gasteiger partial charge >= 0.3 is 6.09 Å². The molecule has 1 aliphatic heterocycles. The zero-order valence-electron chi connectivity index (χ0n) is 27.6. The monoisotopic (exact) mass is 687 g/mol. The normalized spacial score (nSPS) is 17.4. The van der Waals surface area contributed by atoms with Gasteiger partial charge in [-0.15, -0.1) is 12.6 Å². The minimum Gasteiger partial charge on any atom is -0.445 e. The molecule has 14 heteroatoms. The van der Waals surface area contributed by atoms with Gasteiger partial charge in [0.15, 0.2) is 0 Å². The van der Waals surface area contributed by atoms with Crippen molar-refractivity contribution in [2.45, 2.75) is 89.1 Å². The summed E-state index contributed by atoms with van der Waals surface area (Å²) in [6.07, 6.45) is -0.429. The van der Waals surface area contributed by atoms with Crippen molar-refractivity contribution in [3.05, 3.63) is 71.5 Å². The Kier molecular flexibility index (Phi) is 14.2. The van der Waals surface area contributed by atoms with Crippen molar-refractivity contribution in [3.63, 3.8) is 0 Å². The Morgan fingerprint density at radius 1 is 0.938 bits per heavy atom. The van der Waals surface area contributed by atoms with E-state index in [0.29, 0.717) is 18.5 Å². The molecule has 0 aliphatic carbocycles. The average Bonchev–Trinajstić information content (AvgIpc) is 3.43. The number of hydrogen-bond donors (Lipinski definition) is 7. The molecule has 1 aliphatic rings. The summed E-state index contributed by atoms with van der Waals surface area (Å²) >= 11 is 4.24. The maximum absolute atomic E-state index is 13.8. The standard InChI is InChI=1S/C34H46FN5O7S/c1-20(2)16-26(31(43)40-28(18-24-14-15-36-29(24)41)34(46,48)32(44)37-21(3)4)38-30(42)27(17-22-10-12-25(35)13-11-22)39-33(45)47-19-23-8-6-5-7-9-23/h5-13,20-21,24,26-28,46,48H,14-19H2,1-4H3,(H,36,41)(H,37,44)(H,38,42)(H,39,45)(H,40,43)/t24-,26-,27-,28-,34-/m0/s1. The van der Waals surface area contributed by atoms with Crippen molar-refractivity contribution in [2.75, 3.05) is 6.54 Å². The van der Waals surface area contributed by atoms with Crippen LogP contribution in [0.25, 0.3) is 0 Å². The quantitative estimate of drug-likeness (QED) is 0.105. The molecule has 1 fully saturated rings. The second kappa shape index (κ2) is 17.8. The Hall–Kier alpha value is -4.17. The fraction of sp³-hybridized carbons (Fsp3) is 0.500. The minimum atomic E-state index is -2.40. The first-order chi connectivity index (χ1) is 22.6.